The number of aromatic nitrogens is 2. The predicted molar refractivity (Wildman–Crippen MR) is 103 cm³/mol. The van der Waals surface area contributed by atoms with Crippen LogP contribution in [0.25, 0.3) is 5.69 Å². The molecule has 0 fully saturated rings. The van der Waals surface area contributed by atoms with Crippen LogP contribution < -0.4 is 5.32 Å². The van der Waals surface area contributed by atoms with E-state index in [9.17, 15) is 18.0 Å². The number of nitrogens with one attached hydrogen (secondary N) is 1. The van der Waals surface area contributed by atoms with Crippen molar-refractivity contribution in [3.63, 3.8) is 0 Å². The Bertz CT molecular complexity index is 981. The van der Waals surface area contributed by atoms with Crippen molar-refractivity contribution in [1.82, 2.24) is 9.78 Å². The first-order valence-electron chi connectivity index (χ1n) is 8.91. The number of hydrogen-bond acceptors (Lipinski definition) is 3. The van der Waals surface area contributed by atoms with Crippen LogP contribution in [-0.4, -0.2) is 28.5 Å². The van der Waals surface area contributed by atoms with Gasteiger partial charge in [0.15, 0.2) is 0 Å². The van der Waals surface area contributed by atoms with Gasteiger partial charge in [-0.05, 0) is 43.7 Å². The number of carbonyl (C=O) groups excluding carboxylic acids is 1. The van der Waals surface area contributed by atoms with Crippen LogP contribution in [0.1, 0.15) is 27.3 Å². The van der Waals surface area contributed by atoms with Gasteiger partial charge in [-0.2, -0.15) is 18.3 Å². The lowest BCUT2D eigenvalue weighted by molar-refractivity contribution is -0.176. The van der Waals surface area contributed by atoms with Gasteiger partial charge in [0.2, 0.25) is 0 Å². The second-order valence-corrected chi connectivity index (χ2v) is 6.55. The molecule has 2 aromatic carbocycles. The molecule has 5 nitrogen and oxygen atoms in total. The summed E-state index contributed by atoms with van der Waals surface area (Å²) < 4.78 is 42.8. The molecule has 3 rings (SSSR count). The third kappa shape index (κ3) is 5.23. The molecular weight excluding hydrogens is 383 g/mol. The molecule has 8 heteroatoms. The number of aryl methyl sites for hydroxylation is 1. The molecule has 1 N–H and O–H groups in total. The normalized spacial score (nSPS) is 11.5. The smallest absolute Gasteiger partial charge is 0.367 e. The van der Waals surface area contributed by atoms with Gasteiger partial charge in [0, 0.05) is 5.56 Å². The highest BCUT2D eigenvalue weighted by atomic mass is 19.4. The average molecular weight is 403 g/mol. The molecule has 0 saturated carbocycles. The summed E-state index contributed by atoms with van der Waals surface area (Å²) in [6, 6.07) is 15.8. The lowest BCUT2D eigenvalue weighted by Gasteiger charge is -2.09. The van der Waals surface area contributed by atoms with Crippen LogP contribution in [-0.2, 0) is 11.3 Å². The highest BCUT2D eigenvalue weighted by Gasteiger charge is 2.27. The Balaban J connectivity index is 1.68. The molecule has 0 aliphatic heterocycles. The number of benzene rings is 2. The van der Waals surface area contributed by atoms with E-state index in [0.717, 1.165) is 11.4 Å². The zero-order chi connectivity index (χ0) is 21.0. The lowest BCUT2D eigenvalue weighted by Crippen LogP contribution is -2.16. The summed E-state index contributed by atoms with van der Waals surface area (Å²) >= 11 is 0. The van der Waals surface area contributed by atoms with Gasteiger partial charge in [-0.1, -0.05) is 30.3 Å². The first-order chi connectivity index (χ1) is 13.7. The van der Waals surface area contributed by atoms with Crippen molar-refractivity contribution < 1.29 is 22.7 Å². The monoisotopic (exact) mass is 403 g/mol. The Hall–Kier alpha value is -3.13. The van der Waals surface area contributed by atoms with Gasteiger partial charge in [-0.25, -0.2) is 4.68 Å². The number of hydrogen-bond donors (Lipinski definition) is 1. The van der Waals surface area contributed by atoms with Crippen LogP contribution in [0.15, 0.2) is 54.6 Å². The summed E-state index contributed by atoms with van der Waals surface area (Å²) in [7, 11) is 0. The molecule has 0 aliphatic rings. The summed E-state index contributed by atoms with van der Waals surface area (Å²) in [5, 5.41) is 7.35. The van der Waals surface area contributed by atoms with Crippen molar-refractivity contribution in [1.29, 1.82) is 0 Å². The Morgan fingerprint density at radius 3 is 2.34 bits per heavy atom. The van der Waals surface area contributed by atoms with Gasteiger partial charge < -0.3 is 10.1 Å². The van der Waals surface area contributed by atoms with E-state index in [0.29, 0.717) is 22.5 Å². The van der Waals surface area contributed by atoms with Crippen molar-refractivity contribution in [3.8, 4) is 5.69 Å². The first kappa shape index (κ1) is 20.6. The summed E-state index contributed by atoms with van der Waals surface area (Å²) in [5.41, 5.74) is 3.91. The first-order valence-corrected chi connectivity index (χ1v) is 8.91. The maximum absolute atomic E-state index is 12.6. The molecule has 0 atom stereocenters. The number of halogens is 3. The summed E-state index contributed by atoms with van der Waals surface area (Å²) in [6.45, 7) is 2.19. The van der Waals surface area contributed by atoms with Crippen LogP contribution >= 0.6 is 0 Å². The molecule has 0 radical (unpaired) electrons. The molecule has 152 valence electrons. The Labute approximate surface area is 166 Å². The number of rotatable bonds is 6. The fraction of sp³-hybridized carbons (Fsp3) is 0.238. The topological polar surface area (TPSA) is 56.2 Å². The van der Waals surface area contributed by atoms with E-state index in [-0.39, 0.29) is 12.5 Å². The molecule has 0 spiro atoms. The minimum Gasteiger partial charge on any atom is -0.367 e. The molecule has 1 heterocycles. The van der Waals surface area contributed by atoms with E-state index in [1.807, 2.05) is 44.2 Å². The van der Waals surface area contributed by atoms with Crippen LogP contribution in [0, 0.1) is 13.8 Å². The highest BCUT2D eigenvalue weighted by Crippen LogP contribution is 2.23. The van der Waals surface area contributed by atoms with Crippen LogP contribution in [0.2, 0.25) is 0 Å². The van der Waals surface area contributed by atoms with E-state index in [2.05, 4.69) is 15.2 Å². The number of carbonyl (C=O) groups is 1. The Morgan fingerprint density at radius 1 is 1.07 bits per heavy atom. The van der Waals surface area contributed by atoms with Gasteiger partial charge in [0.25, 0.3) is 5.91 Å². The van der Waals surface area contributed by atoms with E-state index in [1.165, 1.54) is 0 Å². The number of nitrogens with zero attached hydrogens (tertiary/aromatic N) is 2. The molecule has 3 aromatic rings. The lowest BCUT2D eigenvalue weighted by atomic mass is 10.1. The maximum atomic E-state index is 12.6. The number of amides is 1. The van der Waals surface area contributed by atoms with Crippen LogP contribution in [0.5, 0.6) is 0 Å². The standard InChI is InChI=1S/C21H20F3N3O2/c1-14-19(15(2)27(26-14)18-6-4-3-5-7-18)25-20(28)17-10-8-16(9-11-17)12-29-13-21(22,23)24/h3-11H,12-13H2,1-2H3,(H,25,28). The van der Waals surface area contributed by atoms with Gasteiger partial charge >= 0.3 is 6.18 Å². The fourth-order valence-electron chi connectivity index (χ4n) is 2.87. The van der Waals surface area contributed by atoms with Crippen molar-refractivity contribution in [2.75, 3.05) is 11.9 Å². The van der Waals surface area contributed by atoms with Crippen molar-refractivity contribution in [2.45, 2.75) is 26.6 Å². The molecule has 0 saturated heterocycles. The minimum atomic E-state index is -4.36. The van der Waals surface area contributed by atoms with Crippen LogP contribution in [0.4, 0.5) is 18.9 Å². The van der Waals surface area contributed by atoms with Crippen molar-refractivity contribution in [2.24, 2.45) is 0 Å². The van der Waals surface area contributed by atoms with E-state index in [4.69, 9.17) is 0 Å². The SMILES string of the molecule is Cc1nn(-c2ccccc2)c(C)c1NC(=O)c1ccc(COCC(F)(F)F)cc1. The Morgan fingerprint density at radius 2 is 1.72 bits per heavy atom. The summed E-state index contributed by atoms with van der Waals surface area (Å²) in [4.78, 5) is 12.6. The van der Waals surface area contributed by atoms with Crippen LogP contribution in [0.3, 0.4) is 0 Å². The largest absolute Gasteiger partial charge is 0.411 e. The number of alkyl halides is 3. The minimum absolute atomic E-state index is 0.177. The molecule has 0 bridgehead atoms. The molecule has 0 unspecified atom stereocenters. The Kier molecular flexibility index (Phi) is 6.03. The van der Waals surface area contributed by atoms with Crippen molar-refractivity contribution in [3.05, 3.63) is 77.1 Å². The molecular formula is C21H20F3N3O2. The average Bonchev–Trinajstić information content (AvgIpc) is 2.96. The number of anilines is 1. The van der Waals surface area contributed by atoms with E-state index < -0.39 is 12.8 Å². The van der Waals surface area contributed by atoms with Gasteiger partial charge in [0.1, 0.15) is 6.61 Å². The quantitative estimate of drug-likeness (QED) is 0.642. The second-order valence-electron chi connectivity index (χ2n) is 6.55. The third-order valence-corrected chi connectivity index (χ3v) is 4.28. The van der Waals surface area contributed by atoms with Gasteiger partial charge in [-0.3, -0.25) is 4.79 Å². The van der Waals surface area contributed by atoms with E-state index in [1.54, 1.807) is 28.9 Å². The molecule has 29 heavy (non-hydrogen) atoms. The summed E-state index contributed by atoms with van der Waals surface area (Å²) in [5.74, 6) is -0.327. The molecule has 0 aliphatic carbocycles. The second kappa shape index (κ2) is 8.48. The fourth-order valence-corrected chi connectivity index (χ4v) is 2.87. The van der Waals surface area contributed by atoms with E-state index >= 15 is 0 Å². The molecule has 1 amide bonds. The van der Waals surface area contributed by atoms with Gasteiger partial charge in [-0.15, -0.1) is 0 Å². The molecule has 1 aromatic heterocycles. The number of para-hydroxylation sites is 1. The predicted octanol–water partition coefficient (Wildman–Crippen LogP) is 4.82. The maximum Gasteiger partial charge on any atom is 0.411 e. The zero-order valence-corrected chi connectivity index (χ0v) is 16.0. The zero-order valence-electron chi connectivity index (χ0n) is 16.0. The highest BCUT2D eigenvalue weighted by molar-refractivity contribution is 6.04. The summed E-state index contributed by atoms with van der Waals surface area (Å²) in [6.07, 6.45) is -4.36. The van der Waals surface area contributed by atoms with Crippen molar-refractivity contribution >= 4 is 11.6 Å². The van der Waals surface area contributed by atoms with Gasteiger partial charge in [0.05, 0.1) is 29.4 Å². The number of ether oxygens (including phenoxy) is 1. The third-order valence-electron chi connectivity index (χ3n) is 4.28.